The number of carbonyl (C=O) groups excluding carboxylic acids is 1. The number of ether oxygens (including phenoxy) is 2. The third-order valence-corrected chi connectivity index (χ3v) is 11.9. The molecule has 0 aromatic carbocycles. The molecular formula is C53H98NO7P. The van der Waals surface area contributed by atoms with Crippen LogP contribution in [0.2, 0.25) is 0 Å². The Morgan fingerprint density at radius 1 is 0.500 bits per heavy atom. The quantitative estimate of drug-likeness (QED) is 0.0268. The Balaban J connectivity index is 3.95. The minimum Gasteiger partial charge on any atom is -0.457 e. The Morgan fingerprint density at radius 3 is 1.35 bits per heavy atom. The molecule has 0 radical (unpaired) electrons. The van der Waals surface area contributed by atoms with Crippen molar-refractivity contribution < 1.29 is 32.8 Å². The molecule has 0 heterocycles. The number of hydrogen-bond acceptors (Lipinski definition) is 7. The van der Waals surface area contributed by atoms with Crippen LogP contribution in [0.1, 0.15) is 232 Å². The summed E-state index contributed by atoms with van der Waals surface area (Å²) in [5.74, 6) is -0.335. The molecule has 362 valence electrons. The van der Waals surface area contributed by atoms with Crippen molar-refractivity contribution in [3.05, 3.63) is 60.8 Å². The van der Waals surface area contributed by atoms with Crippen LogP contribution in [0, 0.1) is 0 Å². The third kappa shape index (κ3) is 49.2. The first-order valence-corrected chi connectivity index (χ1v) is 27.3. The zero-order valence-corrected chi connectivity index (χ0v) is 41.2. The monoisotopic (exact) mass is 892 g/mol. The van der Waals surface area contributed by atoms with Gasteiger partial charge in [-0.05, 0) is 57.8 Å². The van der Waals surface area contributed by atoms with E-state index in [4.69, 9.17) is 24.3 Å². The molecule has 0 fully saturated rings. The summed E-state index contributed by atoms with van der Waals surface area (Å²) in [6.07, 6.45) is 62.5. The molecule has 0 aromatic heterocycles. The van der Waals surface area contributed by atoms with E-state index in [0.717, 1.165) is 70.6 Å². The fourth-order valence-corrected chi connectivity index (χ4v) is 7.97. The second-order valence-electron chi connectivity index (χ2n) is 17.0. The lowest BCUT2D eigenvalue weighted by Crippen LogP contribution is -2.28. The highest BCUT2D eigenvalue weighted by atomic mass is 31.2. The Bertz CT molecular complexity index is 1140. The van der Waals surface area contributed by atoms with Gasteiger partial charge in [-0.25, -0.2) is 4.57 Å². The summed E-state index contributed by atoms with van der Waals surface area (Å²) < 4.78 is 33.6. The SMILES string of the molecule is CC/C=C\C/C=C\C/C=C\C/C=C\C/C=C\CCCCCCCCCCCC(=O)OC(COCCCCCCCCCCCCCCCCCCCC)COP(=O)(O)OCCN. The van der Waals surface area contributed by atoms with Gasteiger partial charge in [0.2, 0.25) is 0 Å². The summed E-state index contributed by atoms with van der Waals surface area (Å²) in [6, 6.07) is 0. The van der Waals surface area contributed by atoms with Gasteiger partial charge in [0.15, 0.2) is 0 Å². The number of allylic oxidation sites excluding steroid dienone is 10. The van der Waals surface area contributed by atoms with Crippen LogP contribution in [0.4, 0.5) is 0 Å². The number of unbranched alkanes of at least 4 members (excludes halogenated alkanes) is 26. The van der Waals surface area contributed by atoms with Crippen LogP contribution in [0.15, 0.2) is 60.8 Å². The van der Waals surface area contributed by atoms with Crippen molar-refractivity contribution in [2.24, 2.45) is 5.73 Å². The minimum atomic E-state index is -4.28. The van der Waals surface area contributed by atoms with Crippen molar-refractivity contribution in [1.82, 2.24) is 0 Å². The molecule has 0 amide bonds. The number of phosphoric ester groups is 1. The van der Waals surface area contributed by atoms with Gasteiger partial charge in [-0.1, -0.05) is 229 Å². The van der Waals surface area contributed by atoms with Gasteiger partial charge in [0.05, 0.1) is 19.8 Å². The molecule has 0 saturated heterocycles. The maximum absolute atomic E-state index is 12.7. The zero-order chi connectivity index (χ0) is 45.1. The summed E-state index contributed by atoms with van der Waals surface area (Å²) in [7, 11) is -4.28. The first-order chi connectivity index (χ1) is 30.4. The van der Waals surface area contributed by atoms with Crippen LogP contribution in [-0.2, 0) is 27.9 Å². The molecule has 0 bridgehead atoms. The van der Waals surface area contributed by atoms with Gasteiger partial charge in [-0.3, -0.25) is 13.8 Å². The van der Waals surface area contributed by atoms with E-state index >= 15 is 0 Å². The lowest BCUT2D eigenvalue weighted by Gasteiger charge is -2.20. The maximum Gasteiger partial charge on any atom is 0.472 e. The van der Waals surface area contributed by atoms with Gasteiger partial charge in [-0.2, -0.15) is 0 Å². The highest BCUT2D eigenvalue weighted by Gasteiger charge is 2.25. The predicted octanol–water partition coefficient (Wildman–Crippen LogP) is 16.1. The van der Waals surface area contributed by atoms with E-state index in [1.165, 1.54) is 141 Å². The van der Waals surface area contributed by atoms with Gasteiger partial charge >= 0.3 is 13.8 Å². The van der Waals surface area contributed by atoms with E-state index < -0.39 is 13.9 Å². The second kappa shape index (κ2) is 50.2. The fraction of sp³-hybridized carbons (Fsp3) is 0.792. The fourth-order valence-electron chi connectivity index (χ4n) is 7.20. The van der Waals surface area contributed by atoms with E-state index in [2.05, 4.69) is 74.6 Å². The summed E-state index contributed by atoms with van der Waals surface area (Å²) >= 11 is 0. The van der Waals surface area contributed by atoms with Crippen LogP contribution in [0.5, 0.6) is 0 Å². The first-order valence-electron chi connectivity index (χ1n) is 25.8. The largest absolute Gasteiger partial charge is 0.472 e. The number of nitrogens with two attached hydrogens (primary N) is 1. The van der Waals surface area contributed by atoms with Crippen LogP contribution >= 0.6 is 7.82 Å². The standard InChI is InChI=1S/C53H98NO7P/c1-3-5-7-9-11-13-15-17-19-21-23-24-25-26-27-28-29-30-32-34-36-38-40-42-44-46-53(55)61-52(51-60-62(56,57)59-49-47-54)50-58-48-45-43-41-39-37-35-33-31-22-20-18-16-14-12-10-8-6-4-2/h5,7,11,13,17,19,23-24,26-27,52H,3-4,6,8-10,12,14-16,18,20-22,25,28-51,54H2,1-2H3,(H,56,57)/b7-5-,13-11-,19-17-,24-23-,27-26-. The number of phosphoric acid groups is 1. The van der Waals surface area contributed by atoms with Gasteiger partial charge in [-0.15, -0.1) is 0 Å². The number of carbonyl (C=O) groups is 1. The predicted molar refractivity (Wildman–Crippen MR) is 266 cm³/mol. The highest BCUT2D eigenvalue weighted by molar-refractivity contribution is 7.47. The second-order valence-corrected chi connectivity index (χ2v) is 18.5. The average molecular weight is 892 g/mol. The first kappa shape index (κ1) is 60.2. The Morgan fingerprint density at radius 2 is 0.903 bits per heavy atom. The molecule has 9 heteroatoms. The molecule has 0 rings (SSSR count). The molecule has 0 saturated carbocycles. The van der Waals surface area contributed by atoms with Crippen molar-refractivity contribution in [2.45, 2.75) is 238 Å². The summed E-state index contributed by atoms with van der Waals surface area (Å²) in [4.78, 5) is 22.6. The topological polar surface area (TPSA) is 117 Å². The molecule has 0 spiro atoms. The number of rotatable bonds is 49. The summed E-state index contributed by atoms with van der Waals surface area (Å²) in [5, 5.41) is 0. The van der Waals surface area contributed by atoms with Crippen molar-refractivity contribution in [3.8, 4) is 0 Å². The zero-order valence-electron chi connectivity index (χ0n) is 40.3. The summed E-state index contributed by atoms with van der Waals surface area (Å²) in [6.45, 7) is 4.84. The van der Waals surface area contributed by atoms with Crippen LogP contribution < -0.4 is 5.73 Å². The van der Waals surface area contributed by atoms with Gasteiger partial charge in [0.1, 0.15) is 6.10 Å². The molecule has 2 unspecified atom stereocenters. The Labute approximate surface area is 383 Å². The Hall–Kier alpha value is -1.80. The van der Waals surface area contributed by atoms with Crippen molar-refractivity contribution >= 4 is 13.8 Å². The van der Waals surface area contributed by atoms with Crippen LogP contribution in [0.25, 0.3) is 0 Å². The molecule has 2 atom stereocenters. The lowest BCUT2D eigenvalue weighted by atomic mass is 10.0. The molecule has 0 aliphatic heterocycles. The van der Waals surface area contributed by atoms with Crippen molar-refractivity contribution in [3.63, 3.8) is 0 Å². The molecule has 3 N–H and O–H groups in total. The lowest BCUT2D eigenvalue weighted by molar-refractivity contribution is -0.154. The van der Waals surface area contributed by atoms with E-state index in [0.29, 0.717) is 13.0 Å². The van der Waals surface area contributed by atoms with Gasteiger partial charge in [0.25, 0.3) is 0 Å². The van der Waals surface area contributed by atoms with E-state index in [-0.39, 0.29) is 32.3 Å². The Kier molecular flexibility index (Phi) is 48.7. The molecule has 62 heavy (non-hydrogen) atoms. The van der Waals surface area contributed by atoms with Crippen molar-refractivity contribution in [2.75, 3.05) is 33.0 Å². The molecule has 0 aromatic rings. The minimum absolute atomic E-state index is 0.0973. The van der Waals surface area contributed by atoms with Crippen molar-refractivity contribution in [1.29, 1.82) is 0 Å². The maximum atomic E-state index is 12.7. The van der Waals surface area contributed by atoms with Gasteiger partial charge < -0.3 is 20.1 Å². The molecular weight excluding hydrogens is 794 g/mol. The third-order valence-electron chi connectivity index (χ3n) is 10.9. The number of hydrogen-bond donors (Lipinski definition) is 2. The smallest absolute Gasteiger partial charge is 0.457 e. The van der Waals surface area contributed by atoms with Gasteiger partial charge in [0, 0.05) is 19.6 Å². The average Bonchev–Trinajstić information content (AvgIpc) is 3.26. The van der Waals surface area contributed by atoms with E-state index in [9.17, 15) is 14.3 Å². The van der Waals surface area contributed by atoms with Crippen LogP contribution in [-0.4, -0.2) is 49.9 Å². The van der Waals surface area contributed by atoms with Crippen LogP contribution in [0.3, 0.4) is 0 Å². The number of esters is 1. The summed E-state index contributed by atoms with van der Waals surface area (Å²) in [5.41, 5.74) is 5.39. The molecule has 8 nitrogen and oxygen atoms in total. The van der Waals surface area contributed by atoms with E-state index in [1.807, 2.05) is 0 Å². The van der Waals surface area contributed by atoms with E-state index in [1.54, 1.807) is 0 Å². The molecule has 0 aliphatic carbocycles. The normalized spacial score (nSPS) is 13.8. The highest BCUT2D eigenvalue weighted by Crippen LogP contribution is 2.43. The molecule has 0 aliphatic rings.